The fourth-order valence-corrected chi connectivity index (χ4v) is 1.54. The third-order valence-electron chi connectivity index (χ3n) is 2.31. The summed E-state index contributed by atoms with van der Waals surface area (Å²) in [6.45, 7) is 0.363. The maximum Gasteiger partial charge on any atom is 0.316 e. The third-order valence-corrected chi connectivity index (χ3v) is 2.31. The lowest BCUT2D eigenvalue weighted by atomic mass is 9.97. The molecule has 1 heterocycles. The lowest BCUT2D eigenvalue weighted by Gasteiger charge is -2.03. The lowest BCUT2D eigenvalue weighted by molar-refractivity contribution is -0.140. The van der Waals surface area contributed by atoms with Crippen molar-refractivity contribution in [3.63, 3.8) is 0 Å². The molecule has 0 spiro atoms. The maximum atomic E-state index is 11.8. The van der Waals surface area contributed by atoms with Crippen LogP contribution in [0.2, 0.25) is 0 Å². The largest absolute Gasteiger partial charge is 0.465 e. The molecule has 1 unspecified atom stereocenters. The van der Waals surface area contributed by atoms with E-state index in [0.717, 1.165) is 0 Å². The van der Waals surface area contributed by atoms with E-state index in [2.05, 4.69) is 0 Å². The topological polar surface area (TPSA) is 43.4 Å². The molecule has 14 heavy (non-hydrogen) atoms. The van der Waals surface area contributed by atoms with E-state index in [0.29, 0.717) is 18.6 Å². The molecule has 0 radical (unpaired) electrons. The number of benzene rings is 1. The minimum absolute atomic E-state index is 0.131. The monoisotopic (exact) mass is 190 g/mol. The minimum Gasteiger partial charge on any atom is -0.465 e. The predicted octanol–water partition coefficient (Wildman–Crippen LogP) is 1.43. The van der Waals surface area contributed by atoms with Crippen molar-refractivity contribution in [3.8, 4) is 0 Å². The van der Waals surface area contributed by atoms with Crippen LogP contribution in [-0.2, 0) is 9.53 Å². The first-order valence-electron chi connectivity index (χ1n) is 4.55. The summed E-state index contributed by atoms with van der Waals surface area (Å²) in [4.78, 5) is 22.9. The van der Waals surface area contributed by atoms with Crippen LogP contribution in [0.15, 0.2) is 30.3 Å². The number of ketones is 1. The van der Waals surface area contributed by atoms with Crippen molar-refractivity contribution in [1.82, 2.24) is 0 Å². The summed E-state index contributed by atoms with van der Waals surface area (Å²) in [5.74, 6) is -1.11. The second-order valence-electron chi connectivity index (χ2n) is 3.24. The molecule has 0 aliphatic carbocycles. The van der Waals surface area contributed by atoms with Gasteiger partial charge in [0.15, 0.2) is 5.78 Å². The average molecular weight is 190 g/mol. The Labute approximate surface area is 81.7 Å². The van der Waals surface area contributed by atoms with E-state index in [4.69, 9.17) is 4.74 Å². The first-order chi connectivity index (χ1) is 6.79. The van der Waals surface area contributed by atoms with Gasteiger partial charge in [-0.1, -0.05) is 30.3 Å². The number of rotatable bonds is 2. The molecule has 72 valence electrons. The lowest BCUT2D eigenvalue weighted by Crippen LogP contribution is -2.19. The molecule has 2 rings (SSSR count). The highest BCUT2D eigenvalue weighted by Crippen LogP contribution is 2.19. The van der Waals surface area contributed by atoms with Crippen LogP contribution in [0.1, 0.15) is 16.8 Å². The van der Waals surface area contributed by atoms with Gasteiger partial charge in [0.1, 0.15) is 5.92 Å². The zero-order valence-electron chi connectivity index (χ0n) is 7.60. The SMILES string of the molecule is O=C1OCCC1C(=O)c1ccccc1. The van der Waals surface area contributed by atoms with Gasteiger partial charge in [0, 0.05) is 12.0 Å². The van der Waals surface area contributed by atoms with Gasteiger partial charge in [0.05, 0.1) is 6.61 Å². The van der Waals surface area contributed by atoms with Gasteiger partial charge in [0.2, 0.25) is 0 Å². The maximum absolute atomic E-state index is 11.8. The molecule has 0 amide bonds. The fraction of sp³-hybridized carbons (Fsp3) is 0.273. The number of hydrogen-bond donors (Lipinski definition) is 0. The quantitative estimate of drug-likeness (QED) is 0.402. The third kappa shape index (κ3) is 1.53. The van der Waals surface area contributed by atoms with Crippen molar-refractivity contribution < 1.29 is 14.3 Å². The number of carbonyl (C=O) groups is 2. The Kier molecular flexibility index (Phi) is 2.31. The van der Waals surface area contributed by atoms with E-state index >= 15 is 0 Å². The van der Waals surface area contributed by atoms with Gasteiger partial charge in [-0.25, -0.2) is 0 Å². The van der Waals surface area contributed by atoms with Gasteiger partial charge < -0.3 is 4.74 Å². The summed E-state index contributed by atoms with van der Waals surface area (Å²) in [5.41, 5.74) is 0.580. The van der Waals surface area contributed by atoms with Gasteiger partial charge in [-0.2, -0.15) is 0 Å². The summed E-state index contributed by atoms with van der Waals surface area (Å²) >= 11 is 0. The second kappa shape index (κ2) is 3.62. The number of Topliss-reactive ketones (excluding diaryl/α,β-unsaturated/α-hetero) is 1. The van der Waals surface area contributed by atoms with Gasteiger partial charge in [-0.05, 0) is 0 Å². The number of hydrogen-bond acceptors (Lipinski definition) is 3. The van der Waals surface area contributed by atoms with E-state index in [9.17, 15) is 9.59 Å². The van der Waals surface area contributed by atoms with Crippen molar-refractivity contribution in [2.45, 2.75) is 6.42 Å². The molecule has 0 aromatic heterocycles. The van der Waals surface area contributed by atoms with Crippen molar-refractivity contribution >= 4 is 11.8 Å². The van der Waals surface area contributed by atoms with Gasteiger partial charge in [-0.15, -0.1) is 0 Å². The van der Waals surface area contributed by atoms with Crippen LogP contribution in [0.25, 0.3) is 0 Å². The zero-order valence-corrected chi connectivity index (χ0v) is 7.60. The molecule has 3 nitrogen and oxygen atoms in total. The molecular formula is C11H10O3. The van der Waals surface area contributed by atoms with Crippen molar-refractivity contribution in [2.24, 2.45) is 5.92 Å². The van der Waals surface area contributed by atoms with Gasteiger partial charge in [0.25, 0.3) is 0 Å². The van der Waals surface area contributed by atoms with E-state index < -0.39 is 5.92 Å². The van der Waals surface area contributed by atoms with Crippen LogP contribution < -0.4 is 0 Å². The standard InChI is InChI=1S/C11H10O3/c12-10(8-4-2-1-3-5-8)9-6-7-14-11(9)13/h1-5,9H,6-7H2. The molecule has 1 aliphatic heterocycles. The molecule has 0 N–H and O–H groups in total. The summed E-state index contributed by atoms with van der Waals surface area (Å²) in [5, 5.41) is 0. The van der Waals surface area contributed by atoms with Crippen molar-refractivity contribution in [2.75, 3.05) is 6.61 Å². The molecule has 1 fully saturated rings. The zero-order chi connectivity index (χ0) is 9.97. The van der Waals surface area contributed by atoms with Crippen molar-refractivity contribution in [3.05, 3.63) is 35.9 Å². The molecule has 1 atom stereocenters. The molecule has 1 aromatic rings. The smallest absolute Gasteiger partial charge is 0.316 e. The van der Waals surface area contributed by atoms with E-state index in [1.54, 1.807) is 24.3 Å². The molecular weight excluding hydrogens is 180 g/mol. The average Bonchev–Trinajstić information content (AvgIpc) is 2.65. The first kappa shape index (κ1) is 8.94. The van der Waals surface area contributed by atoms with Gasteiger partial charge in [-0.3, -0.25) is 9.59 Å². The van der Waals surface area contributed by atoms with Crippen LogP contribution >= 0.6 is 0 Å². The normalized spacial score (nSPS) is 20.6. The Morgan fingerprint density at radius 3 is 2.57 bits per heavy atom. The Morgan fingerprint density at radius 1 is 1.29 bits per heavy atom. The Hall–Kier alpha value is -1.64. The number of ether oxygens (including phenoxy) is 1. The highest BCUT2D eigenvalue weighted by molar-refractivity contribution is 6.09. The summed E-state index contributed by atoms with van der Waals surface area (Å²) < 4.78 is 4.75. The Balaban J connectivity index is 2.20. The molecule has 0 bridgehead atoms. The van der Waals surface area contributed by atoms with Crippen LogP contribution in [-0.4, -0.2) is 18.4 Å². The highest BCUT2D eigenvalue weighted by atomic mass is 16.5. The second-order valence-corrected chi connectivity index (χ2v) is 3.24. The van der Waals surface area contributed by atoms with Crippen molar-refractivity contribution in [1.29, 1.82) is 0 Å². The van der Waals surface area contributed by atoms with Crippen LogP contribution in [0.3, 0.4) is 0 Å². The molecule has 0 saturated carbocycles. The van der Waals surface area contributed by atoms with Crippen LogP contribution in [0.5, 0.6) is 0 Å². The molecule has 1 aliphatic rings. The Morgan fingerprint density at radius 2 is 2.00 bits per heavy atom. The Bertz CT molecular complexity index is 356. The molecule has 1 aromatic carbocycles. The number of esters is 1. The first-order valence-corrected chi connectivity index (χ1v) is 4.55. The fourth-order valence-electron chi connectivity index (χ4n) is 1.54. The summed E-state index contributed by atoms with van der Waals surface area (Å²) in [6, 6.07) is 8.84. The number of carbonyl (C=O) groups excluding carboxylic acids is 2. The van der Waals surface area contributed by atoms with E-state index in [-0.39, 0.29) is 11.8 Å². The molecule has 3 heteroatoms. The number of cyclic esters (lactones) is 1. The summed E-state index contributed by atoms with van der Waals surface area (Å²) in [6.07, 6.45) is 0.507. The highest BCUT2D eigenvalue weighted by Gasteiger charge is 2.33. The summed E-state index contributed by atoms with van der Waals surface area (Å²) in [7, 11) is 0. The minimum atomic E-state index is -0.586. The van der Waals surface area contributed by atoms with Crippen LogP contribution in [0, 0.1) is 5.92 Å². The van der Waals surface area contributed by atoms with Crippen LogP contribution in [0.4, 0.5) is 0 Å². The molecule has 1 saturated heterocycles. The van der Waals surface area contributed by atoms with E-state index in [1.165, 1.54) is 0 Å². The predicted molar refractivity (Wildman–Crippen MR) is 49.8 cm³/mol. The van der Waals surface area contributed by atoms with Gasteiger partial charge >= 0.3 is 5.97 Å². The van der Waals surface area contributed by atoms with E-state index in [1.807, 2.05) is 6.07 Å².